The Morgan fingerprint density at radius 2 is 2.10 bits per heavy atom. The molecule has 106 valence electrons. The van der Waals surface area contributed by atoms with Gasteiger partial charge in [0.2, 0.25) is 0 Å². The number of ether oxygens (including phenoxy) is 1. The Kier molecular flexibility index (Phi) is 4.29. The average molecular weight is 276 g/mol. The molecule has 0 aliphatic rings. The zero-order valence-electron chi connectivity index (χ0n) is 11.7. The van der Waals surface area contributed by atoms with Crippen LogP contribution in [0.3, 0.4) is 0 Å². The van der Waals surface area contributed by atoms with Crippen LogP contribution in [0.15, 0.2) is 24.4 Å². The SMILES string of the molecule is COc1ccc(F)c(-c2ncc(CO)nc2C(C)C)c1. The molecule has 1 aromatic heterocycles. The van der Waals surface area contributed by atoms with E-state index in [1.54, 1.807) is 12.1 Å². The van der Waals surface area contributed by atoms with Gasteiger partial charge in [0.05, 0.1) is 37.0 Å². The summed E-state index contributed by atoms with van der Waals surface area (Å²) in [5.41, 5.74) is 1.96. The van der Waals surface area contributed by atoms with Crippen molar-refractivity contribution in [2.45, 2.75) is 26.4 Å². The first-order valence-electron chi connectivity index (χ1n) is 6.37. The van der Waals surface area contributed by atoms with Crippen molar-refractivity contribution < 1.29 is 14.2 Å². The Hall–Kier alpha value is -2.01. The molecule has 0 fully saturated rings. The predicted octanol–water partition coefficient (Wildman–Crippen LogP) is 2.91. The van der Waals surface area contributed by atoms with Crippen molar-refractivity contribution in [2.24, 2.45) is 0 Å². The third-order valence-corrected chi connectivity index (χ3v) is 2.99. The summed E-state index contributed by atoms with van der Waals surface area (Å²) >= 11 is 0. The molecule has 0 bridgehead atoms. The third kappa shape index (κ3) is 2.77. The minimum Gasteiger partial charge on any atom is -0.497 e. The van der Waals surface area contributed by atoms with Crippen molar-refractivity contribution in [3.63, 3.8) is 0 Å². The van der Waals surface area contributed by atoms with E-state index in [1.165, 1.54) is 19.4 Å². The highest BCUT2D eigenvalue weighted by molar-refractivity contribution is 5.64. The van der Waals surface area contributed by atoms with Gasteiger partial charge in [0.25, 0.3) is 0 Å². The van der Waals surface area contributed by atoms with Crippen LogP contribution in [0, 0.1) is 5.82 Å². The number of rotatable bonds is 4. The minimum absolute atomic E-state index is 0.0644. The molecule has 0 radical (unpaired) electrons. The second-order valence-corrected chi connectivity index (χ2v) is 4.75. The van der Waals surface area contributed by atoms with Crippen molar-refractivity contribution in [3.05, 3.63) is 41.6 Å². The zero-order chi connectivity index (χ0) is 14.7. The van der Waals surface area contributed by atoms with Gasteiger partial charge in [-0.25, -0.2) is 4.39 Å². The fourth-order valence-electron chi connectivity index (χ4n) is 1.94. The summed E-state index contributed by atoms with van der Waals surface area (Å²) < 4.78 is 19.2. The summed E-state index contributed by atoms with van der Waals surface area (Å²) in [6.45, 7) is 3.72. The van der Waals surface area contributed by atoms with Crippen molar-refractivity contribution in [1.82, 2.24) is 9.97 Å². The van der Waals surface area contributed by atoms with Gasteiger partial charge in [-0.1, -0.05) is 13.8 Å². The van der Waals surface area contributed by atoms with Crippen molar-refractivity contribution in [3.8, 4) is 17.0 Å². The van der Waals surface area contributed by atoms with Gasteiger partial charge in [-0.2, -0.15) is 0 Å². The molecule has 0 atom stereocenters. The minimum atomic E-state index is -0.376. The molecule has 0 unspecified atom stereocenters. The van der Waals surface area contributed by atoms with E-state index in [9.17, 15) is 4.39 Å². The molecule has 0 spiro atoms. The van der Waals surface area contributed by atoms with E-state index >= 15 is 0 Å². The molecule has 2 rings (SSSR count). The molecule has 20 heavy (non-hydrogen) atoms. The normalized spacial score (nSPS) is 10.9. The van der Waals surface area contributed by atoms with Gasteiger partial charge in [-0.15, -0.1) is 0 Å². The molecule has 0 aliphatic heterocycles. The summed E-state index contributed by atoms with van der Waals surface area (Å²) in [6, 6.07) is 4.51. The molecule has 0 amide bonds. The van der Waals surface area contributed by atoms with Crippen LogP contribution < -0.4 is 4.74 Å². The Labute approximate surface area is 117 Å². The molecule has 0 saturated heterocycles. The number of halogens is 1. The number of aliphatic hydroxyl groups is 1. The highest BCUT2D eigenvalue weighted by Crippen LogP contribution is 2.30. The smallest absolute Gasteiger partial charge is 0.132 e. The van der Waals surface area contributed by atoms with Crippen LogP contribution >= 0.6 is 0 Å². The van der Waals surface area contributed by atoms with Crippen LogP contribution in [0.5, 0.6) is 5.75 Å². The molecule has 1 N–H and O–H groups in total. The number of benzene rings is 1. The van der Waals surface area contributed by atoms with Crippen LogP contribution in [0.1, 0.15) is 31.2 Å². The number of methoxy groups -OCH3 is 1. The Morgan fingerprint density at radius 3 is 2.70 bits per heavy atom. The second-order valence-electron chi connectivity index (χ2n) is 4.75. The number of aromatic nitrogens is 2. The molecule has 1 heterocycles. The molecule has 0 aliphatic carbocycles. The number of hydrogen-bond donors (Lipinski definition) is 1. The largest absolute Gasteiger partial charge is 0.497 e. The summed E-state index contributed by atoms with van der Waals surface area (Å²) in [5, 5.41) is 9.15. The van der Waals surface area contributed by atoms with Crippen LogP contribution in [0.4, 0.5) is 4.39 Å². The van der Waals surface area contributed by atoms with Gasteiger partial charge in [-0.3, -0.25) is 9.97 Å². The Morgan fingerprint density at radius 1 is 1.35 bits per heavy atom. The van der Waals surface area contributed by atoms with Gasteiger partial charge in [0.15, 0.2) is 0 Å². The van der Waals surface area contributed by atoms with Gasteiger partial charge in [0, 0.05) is 5.56 Å². The summed E-state index contributed by atoms with van der Waals surface area (Å²) in [4.78, 5) is 8.60. The van der Waals surface area contributed by atoms with Crippen molar-refractivity contribution in [2.75, 3.05) is 7.11 Å². The molecular weight excluding hydrogens is 259 g/mol. The fourth-order valence-corrected chi connectivity index (χ4v) is 1.94. The van der Waals surface area contributed by atoms with E-state index in [-0.39, 0.29) is 18.3 Å². The summed E-state index contributed by atoms with van der Waals surface area (Å²) in [5.74, 6) is 0.248. The predicted molar refractivity (Wildman–Crippen MR) is 74.0 cm³/mol. The lowest BCUT2D eigenvalue weighted by Gasteiger charge is -2.13. The number of nitrogens with zero attached hydrogens (tertiary/aromatic N) is 2. The summed E-state index contributed by atoms with van der Waals surface area (Å²) in [6.07, 6.45) is 1.46. The molecular formula is C15H17FN2O2. The molecule has 1 aromatic carbocycles. The first-order valence-corrected chi connectivity index (χ1v) is 6.37. The Bertz CT molecular complexity index is 615. The highest BCUT2D eigenvalue weighted by atomic mass is 19.1. The second kappa shape index (κ2) is 5.96. The maximum atomic E-state index is 14.0. The lowest BCUT2D eigenvalue weighted by molar-refractivity contribution is 0.276. The first kappa shape index (κ1) is 14.4. The van der Waals surface area contributed by atoms with E-state index in [0.29, 0.717) is 28.4 Å². The van der Waals surface area contributed by atoms with E-state index in [1.807, 2.05) is 13.8 Å². The maximum Gasteiger partial charge on any atom is 0.132 e. The van der Waals surface area contributed by atoms with E-state index in [2.05, 4.69) is 9.97 Å². The Balaban J connectivity index is 2.62. The van der Waals surface area contributed by atoms with Gasteiger partial charge < -0.3 is 9.84 Å². The van der Waals surface area contributed by atoms with Crippen LogP contribution in [0.2, 0.25) is 0 Å². The van der Waals surface area contributed by atoms with Gasteiger partial charge in [0.1, 0.15) is 11.6 Å². The monoisotopic (exact) mass is 276 g/mol. The van der Waals surface area contributed by atoms with Gasteiger partial charge in [-0.05, 0) is 24.1 Å². The molecule has 0 saturated carbocycles. The van der Waals surface area contributed by atoms with Crippen molar-refractivity contribution in [1.29, 1.82) is 0 Å². The average Bonchev–Trinajstić information content (AvgIpc) is 2.47. The standard InChI is InChI=1S/C15H17FN2O2/c1-9(2)14-15(17-7-10(8-19)18-14)12-6-11(20-3)4-5-13(12)16/h4-7,9,19H,8H2,1-3H3. The van der Waals surface area contributed by atoms with Crippen LogP contribution in [-0.4, -0.2) is 22.2 Å². The quantitative estimate of drug-likeness (QED) is 0.933. The third-order valence-electron chi connectivity index (χ3n) is 2.99. The van der Waals surface area contributed by atoms with Gasteiger partial charge >= 0.3 is 0 Å². The number of aliphatic hydroxyl groups excluding tert-OH is 1. The number of hydrogen-bond acceptors (Lipinski definition) is 4. The van der Waals surface area contributed by atoms with E-state index in [0.717, 1.165) is 0 Å². The van der Waals surface area contributed by atoms with Crippen LogP contribution in [-0.2, 0) is 6.61 Å². The first-order chi connectivity index (χ1) is 9.56. The van der Waals surface area contributed by atoms with E-state index in [4.69, 9.17) is 9.84 Å². The fraction of sp³-hybridized carbons (Fsp3) is 0.333. The van der Waals surface area contributed by atoms with Crippen molar-refractivity contribution >= 4 is 0 Å². The van der Waals surface area contributed by atoms with Crippen LogP contribution in [0.25, 0.3) is 11.3 Å². The summed E-state index contributed by atoms with van der Waals surface area (Å²) in [7, 11) is 1.53. The lowest BCUT2D eigenvalue weighted by atomic mass is 10.0. The topological polar surface area (TPSA) is 55.2 Å². The van der Waals surface area contributed by atoms with E-state index < -0.39 is 0 Å². The molecule has 5 heteroatoms. The highest BCUT2D eigenvalue weighted by Gasteiger charge is 2.17. The molecule has 2 aromatic rings. The zero-order valence-corrected chi connectivity index (χ0v) is 11.7. The molecule has 4 nitrogen and oxygen atoms in total. The lowest BCUT2D eigenvalue weighted by Crippen LogP contribution is -2.04. The maximum absolute atomic E-state index is 14.0.